The fourth-order valence-corrected chi connectivity index (χ4v) is 4.09. The van der Waals surface area contributed by atoms with Crippen LogP contribution in [0.25, 0.3) is 0 Å². The topological polar surface area (TPSA) is 93.4 Å². The van der Waals surface area contributed by atoms with E-state index in [9.17, 15) is 4.79 Å². The van der Waals surface area contributed by atoms with Crippen molar-refractivity contribution < 1.29 is 9.53 Å². The zero-order valence-electron chi connectivity index (χ0n) is 19.6. The van der Waals surface area contributed by atoms with Crippen LogP contribution in [-0.2, 0) is 11.2 Å². The summed E-state index contributed by atoms with van der Waals surface area (Å²) in [4.78, 5) is 22.1. The Morgan fingerprint density at radius 1 is 1.28 bits per heavy atom. The number of hydrogen-bond acceptors (Lipinski definition) is 6. The zero-order chi connectivity index (χ0) is 22.9. The van der Waals surface area contributed by atoms with Gasteiger partial charge in [-0.2, -0.15) is 0 Å². The summed E-state index contributed by atoms with van der Waals surface area (Å²) in [6, 6.07) is 8.25. The van der Waals surface area contributed by atoms with E-state index < -0.39 is 0 Å². The lowest BCUT2D eigenvalue weighted by molar-refractivity contribution is -0.117. The fourth-order valence-electron chi connectivity index (χ4n) is 4.09. The molecule has 174 valence electrons. The Labute approximate surface area is 191 Å². The van der Waals surface area contributed by atoms with Crippen LogP contribution in [0.15, 0.2) is 30.5 Å². The molecule has 1 aliphatic heterocycles. The van der Waals surface area contributed by atoms with Crippen molar-refractivity contribution in [2.24, 2.45) is 11.7 Å². The molecule has 3 rings (SSSR count). The Morgan fingerprint density at radius 3 is 2.78 bits per heavy atom. The van der Waals surface area contributed by atoms with Gasteiger partial charge in [-0.3, -0.25) is 4.79 Å². The maximum Gasteiger partial charge on any atom is 0.223 e. The molecule has 0 bridgehead atoms. The minimum atomic E-state index is -0.386. The molecule has 1 amide bonds. The average molecular weight is 440 g/mol. The molecule has 0 saturated carbocycles. The van der Waals surface area contributed by atoms with E-state index in [0.29, 0.717) is 23.5 Å². The normalized spacial score (nSPS) is 15.1. The van der Waals surface area contributed by atoms with Crippen molar-refractivity contribution >= 4 is 11.9 Å². The molecule has 0 radical (unpaired) electrons. The van der Waals surface area contributed by atoms with E-state index in [2.05, 4.69) is 59.2 Å². The number of nitrogens with one attached hydrogen (secondary N) is 1. The Bertz CT molecular complexity index is 878. The van der Waals surface area contributed by atoms with Gasteiger partial charge in [-0.25, -0.2) is 9.97 Å². The molecule has 7 nitrogen and oxygen atoms in total. The van der Waals surface area contributed by atoms with Gasteiger partial charge in [-0.1, -0.05) is 26.0 Å². The number of benzene rings is 1. The van der Waals surface area contributed by atoms with Crippen LogP contribution in [0.4, 0.5) is 5.95 Å². The Morgan fingerprint density at radius 2 is 2.06 bits per heavy atom. The lowest BCUT2D eigenvalue weighted by Crippen LogP contribution is -2.36. The first-order valence-electron chi connectivity index (χ1n) is 11.7. The second kappa shape index (κ2) is 11.8. The number of carbonyl (C=O) groups excluding carboxylic acids is 1. The molecule has 1 fully saturated rings. The van der Waals surface area contributed by atoms with Crippen LogP contribution in [0, 0.1) is 12.8 Å². The van der Waals surface area contributed by atoms with Gasteiger partial charge in [0.25, 0.3) is 0 Å². The van der Waals surface area contributed by atoms with Gasteiger partial charge in [0.1, 0.15) is 5.75 Å². The first-order chi connectivity index (χ1) is 15.4. The second-order valence-electron chi connectivity index (χ2n) is 9.09. The number of ether oxygens (including phenoxy) is 1. The second-order valence-corrected chi connectivity index (χ2v) is 9.09. The molecular weight excluding hydrogens is 402 g/mol. The molecule has 1 aliphatic rings. The van der Waals surface area contributed by atoms with Crippen molar-refractivity contribution in [1.82, 2.24) is 14.9 Å². The van der Waals surface area contributed by atoms with Crippen molar-refractivity contribution in [3.05, 3.63) is 47.3 Å². The molecule has 32 heavy (non-hydrogen) atoms. The fraction of sp³-hybridized carbons (Fsp3) is 0.560. The summed E-state index contributed by atoms with van der Waals surface area (Å²) in [7, 11) is 0. The van der Waals surface area contributed by atoms with Gasteiger partial charge in [0, 0.05) is 12.7 Å². The lowest BCUT2D eigenvalue weighted by atomic mass is 9.97. The summed E-state index contributed by atoms with van der Waals surface area (Å²) < 4.78 is 6.26. The highest BCUT2D eigenvalue weighted by atomic mass is 16.5. The maximum atomic E-state index is 11.0. The summed E-state index contributed by atoms with van der Waals surface area (Å²) in [6.45, 7) is 11.4. The molecule has 0 aliphatic carbocycles. The highest BCUT2D eigenvalue weighted by Crippen LogP contribution is 2.29. The third kappa shape index (κ3) is 7.48. The molecule has 0 atom stereocenters. The van der Waals surface area contributed by atoms with E-state index >= 15 is 0 Å². The number of piperidine rings is 1. The van der Waals surface area contributed by atoms with Crippen LogP contribution in [-0.4, -0.2) is 53.6 Å². The minimum absolute atomic E-state index is 0.137. The molecule has 3 N–H and O–H groups in total. The van der Waals surface area contributed by atoms with Crippen molar-refractivity contribution in [2.45, 2.75) is 52.4 Å². The number of amides is 1. The first kappa shape index (κ1) is 24.0. The maximum absolute atomic E-state index is 11.0. The van der Waals surface area contributed by atoms with Gasteiger partial charge in [0.05, 0.1) is 18.7 Å². The van der Waals surface area contributed by atoms with Crippen molar-refractivity contribution in [3.63, 3.8) is 0 Å². The average Bonchev–Trinajstić information content (AvgIpc) is 2.76. The summed E-state index contributed by atoms with van der Waals surface area (Å²) >= 11 is 0. The third-order valence-corrected chi connectivity index (χ3v) is 5.98. The van der Waals surface area contributed by atoms with Crippen LogP contribution < -0.4 is 15.8 Å². The summed E-state index contributed by atoms with van der Waals surface area (Å²) in [5.74, 6) is 2.30. The smallest absolute Gasteiger partial charge is 0.223 e. The molecule has 0 spiro atoms. The minimum Gasteiger partial charge on any atom is -0.493 e. The van der Waals surface area contributed by atoms with Gasteiger partial charge < -0.3 is 20.7 Å². The third-order valence-electron chi connectivity index (χ3n) is 5.98. The SMILES string of the molecule is Cc1ccc(C(C)C)c(OCC2CCN(CCCNc3nccc(CC(N)=O)n3)CC2)c1. The van der Waals surface area contributed by atoms with Crippen molar-refractivity contribution in [2.75, 3.05) is 38.1 Å². The van der Waals surface area contributed by atoms with E-state index in [1.807, 2.05) is 0 Å². The highest BCUT2D eigenvalue weighted by molar-refractivity contribution is 5.76. The zero-order valence-corrected chi connectivity index (χ0v) is 19.6. The first-order valence-corrected chi connectivity index (χ1v) is 11.7. The molecule has 0 unspecified atom stereocenters. The van der Waals surface area contributed by atoms with E-state index in [-0.39, 0.29) is 12.3 Å². The van der Waals surface area contributed by atoms with E-state index in [1.54, 1.807) is 12.3 Å². The monoisotopic (exact) mass is 439 g/mol. The number of anilines is 1. The van der Waals surface area contributed by atoms with Crippen LogP contribution in [0.2, 0.25) is 0 Å². The number of primary amides is 1. The number of carbonyl (C=O) groups is 1. The van der Waals surface area contributed by atoms with E-state index in [1.165, 1.54) is 24.0 Å². The number of aryl methyl sites for hydroxylation is 1. The van der Waals surface area contributed by atoms with Gasteiger partial charge in [0.15, 0.2) is 0 Å². The van der Waals surface area contributed by atoms with Gasteiger partial charge in [-0.15, -0.1) is 0 Å². The number of aromatic nitrogens is 2. The molecule has 7 heteroatoms. The number of likely N-dealkylation sites (tertiary alicyclic amines) is 1. The number of nitrogens with zero attached hydrogens (tertiary/aromatic N) is 3. The standard InChI is InChI=1S/C25H37N5O2/c1-18(2)22-6-5-19(3)15-23(22)32-17-20-8-13-30(14-9-20)12-4-10-27-25-28-11-7-21(29-25)16-24(26)31/h5-7,11,15,18,20H,4,8-10,12-14,16-17H2,1-3H3,(H2,26,31)(H,27,28,29). The van der Waals surface area contributed by atoms with Gasteiger partial charge >= 0.3 is 0 Å². The highest BCUT2D eigenvalue weighted by Gasteiger charge is 2.20. The van der Waals surface area contributed by atoms with Crippen LogP contribution in [0.5, 0.6) is 5.75 Å². The largest absolute Gasteiger partial charge is 0.493 e. The quantitative estimate of drug-likeness (QED) is 0.520. The molecule has 1 aromatic heterocycles. The van der Waals surface area contributed by atoms with E-state index in [0.717, 1.165) is 45.0 Å². The molecule has 1 aromatic carbocycles. The predicted octanol–water partition coefficient (Wildman–Crippen LogP) is 3.53. The van der Waals surface area contributed by atoms with Crippen LogP contribution in [0.3, 0.4) is 0 Å². The number of rotatable bonds is 11. The predicted molar refractivity (Wildman–Crippen MR) is 128 cm³/mol. The molecule has 1 saturated heterocycles. The molecule has 2 aromatic rings. The van der Waals surface area contributed by atoms with Crippen LogP contribution >= 0.6 is 0 Å². The summed E-state index contributed by atoms with van der Waals surface area (Å²) in [5, 5.41) is 3.24. The van der Waals surface area contributed by atoms with Crippen molar-refractivity contribution in [3.8, 4) is 5.75 Å². The lowest BCUT2D eigenvalue weighted by Gasteiger charge is -2.32. The summed E-state index contributed by atoms with van der Waals surface area (Å²) in [6.07, 6.45) is 5.16. The van der Waals surface area contributed by atoms with E-state index in [4.69, 9.17) is 10.5 Å². The van der Waals surface area contributed by atoms with Crippen molar-refractivity contribution in [1.29, 1.82) is 0 Å². The Balaban J connectivity index is 1.34. The Kier molecular flexibility index (Phi) is 8.85. The van der Waals surface area contributed by atoms with Gasteiger partial charge in [-0.05, 0) is 80.9 Å². The van der Waals surface area contributed by atoms with Crippen LogP contribution in [0.1, 0.15) is 55.8 Å². The molecule has 2 heterocycles. The Hall–Kier alpha value is -2.67. The summed E-state index contributed by atoms with van der Waals surface area (Å²) in [5.41, 5.74) is 8.42. The number of hydrogen-bond donors (Lipinski definition) is 2. The van der Waals surface area contributed by atoms with Gasteiger partial charge in [0.2, 0.25) is 11.9 Å². The number of nitrogens with two attached hydrogens (primary N) is 1. The molecular formula is C25H37N5O2.